The summed E-state index contributed by atoms with van der Waals surface area (Å²) in [6.07, 6.45) is -4.60. The molecule has 0 aliphatic rings. The minimum atomic E-state index is -4.60. The predicted molar refractivity (Wildman–Crippen MR) is 52.1 cm³/mol. The fourth-order valence-electron chi connectivity index (χ4n) is 0.892. The molecule has 0 amide bonds. The number of aliphatic hydroxyl groups is 1. The highest BCUT2D eigenvalue weighted by Gasteiger charge is 2.43. The van der Waals surface area contributed by atoms with Crippen molar-refractivity contribution in [2.75, 3.05) is 13.2 Å². The molecular weight excluding hydrogens is 227 g/mol. The maximum atomic E-state index is 12.5. The highest BCUT2D eigenvalue weighted by atomic mass is 19.4. The minimum absolute atomic E-state index is 0.326. The van der Waals surface area contributed by atoms with Gasteiger partial charge in [-0.3, -0.25) is 0 Å². The molecule has 0 aromatic rings. The van der Waals surface area contributed by atoms with Gasteiger partial charge >= 0.3 is 6.18 Å². The van der Waals surface area contributed by atoms with E-state index in [1.165, 1.54) is 13.8 Å². The van der Waals surface area contributed by atoms with Crippen molar-refractivity contribution >= 4 is 5.84 Å². The van der Waals surface area contributed by atoms with Gasteiger partial charge in [0.25, 0.3) is 0 Å². The Balaban J connectivity index is 4.60. The van der Waals surface area contributed by atoms with E-state index in [0.717, 1.165) is 0 Å². The van der Waals surface area contributed by atoms with Crippen molar-refractivity contribution < 1.29 is 23.5 Å². The maximum absolute atomic E-state index is 12.5. The molecule has 0 aromatic heterocycles. The quantitative estimate of drug-likeness (QED) is 0.241. The molecule has 0 fully saturated rings. The molecule has 1 unspecified atom stereocenters. The standard InChI is InChI=1S/C8H16F3N3O2/c1-7(2,4-15)13-3-5(6(12)14-16)8(9,10)11/h5,13,15-16H,3-4H2,1-2H3,(H2,12,14). The van der Waals surface area contributed by atoms with Gasteiger partial charge in [0.2, 0.25) is 0 Å². The first-order chi connectivity index (χ1) is 7.14. The fraction of sp³-hybridized carbons (Fsp3) is 0.875. The van der Waals surface area contributed by atoms with Gasteiger partial charge in [-0.05, 0) is 13.8 Å². The third-order valence-corrected chi connectivity index (χ3v) is 2.05. The molecule has 0 bridgehead atoms. The molecule has 0 radical (unpaired) electrons. The third kappa shape index (κ3) is 4.67. The van der Waals surface area contributed by atoms with Gasteiger partial charge in [-0.2, -0.15) is 13.2 Å². The second-order valence-electron chi connectivity index (χ2n) is 4.04. The molecule has 0 saturated carbocycles. The number of aliphatic hydroxyl groups excluding tert-OH is 1. The summed E-state index contributed by atoms with van der Waals surface area (Å²) in [5.41, 5.74) is 4.09. The lowest BCUT2D eigenvalue weighted by Crippen LogP contribution is -2.50. The van der Waals surface area contributed by atoms with Crippen LogP contribution in [0.2, 0.25) is 0 Å². The topological polar surface area (TPSA) is 90.9 Å². The summed E-state index contributed by atoms with van der Waals surface area (Å²) in [5.74, 6) is -2.99. The summed E-state index contributed by atoms with van der Waals surface area (Å²) in [7, 11) is 0. The first kappa shape index (κ1) is 15.0. The van der Waals surface area contributed by atoms with E-state index in [9.17, 15) is 13.2 Å². The largest absolute Gasteiger partial charge is 0.409 e. The Labute approximate surface area is 91.1 Å². The molecule has 0 spiro atoms. The molecule has 16 heavy (non-hydrogen) atoms. The van der Waals surface area contributed by atoms with E-state index in [4.69, 9.17) is 16.0 Å². The Morgan fingerprint density at radius 3 is 2.25 bits per heavy atom. The summed E-state index contributed by atoms with van der Waals surface area (Å²) < 4.78 is 37.4. The lowest BCUT2D eigenvalue weighted by molar-refractivity contribution is -0.155. The van der Waals surface area contributed by atoms with Crippen LogP contribution in [0.5, 0.6) is 0 Å². The number of nitrogens with two attached hydrogens (primary N) is 1. The first-order valence-electron chi connectivity index (χ1n) is 4.54. The molecule has 96 valence electrons. The van der Waals surface area contributed by atoms with Gasteiger partial charge in [-0.25, -0.2) is 0 Å². The van der Waals surface area contributed by atoms with E-state index >= 15 is 0 Å². The van der Waals surface area contributed by atoms with Crippen LogP contribution in [0.1, 0.15) is 13.8 Å². The number of hydrogen-bond donors (Lipinski definition) is 4. The lowest BCUT2D eigenvalue weighted by Gasteiger charge is -2.27. The molecule has 5 nitrogen and oxygen atoms in total. The van der Waals surface area contributed by atoms with Gasteiger partial charge in [0.05, 0.1) is 6.61 Å². The van der Waals surface area contributed by atoms with Crippen LogP contribution < -0.4 is 11.1 Å². The summed E-state index contributed by atoms with van der Waals surface area (Å²) in [5, 5.41) is 21.9. The Bertz CT molecular complexity index is 253. The normalized spacial score (nSPS) is 16.2. The number of nitrogens with zero attached hydrogens (tertiary/aromatic N) is 1. The molecular formula is C8H16F3N3O2. The second-order valence-corrected chi connectivity index (χ2v) is 4.04. The van der Waals surface area contributed by atoms with Crippen molar-refractivity contribution in [3.8, 4) is 0 Å². The highest BCUT2D eigenvalue weighted by molar-refractivity contribution is 5.83. The molecule has 0 aliphatic heterocycles. The second kappa shape index (κ2) is 5.35. The average molecular weight is 243 g/mol. The van der Waals surface area contributed by atoms with Gasteiger partial charge in [0.15, 0.2) is 5.84 Å². The number of oxime groups is 1. The Morgan fingerprint density at radius 2 is 1.94 bits per heavy atom. The van der Waals surface area contributed by atoms with Crippen molar-refractivity contribution in [1.29, 1.82) is 0 Å². The Morgan fingerprint density at radius 1 is 1.44 bits per heavy atom. The van der Waals surface area contributed by atoms with Gasteiger partial charge in [0, 0.05) is 12.1 Å². The SMILES string of the molecule is CC(C)(CO)NCC(C(N)=NO)C(F)(F)F. The van der Waals surface area contributed by atoms with Crippen molar-refractivity contribution in [2.45, 2.75) is 25.6 Å². The summed E-state index contributed by atoms with van der Waals surface area (Å²) in [6, 6.07) is 0. The van der Waals surface area contributed by atoms with Crippen molar-refractivity contribution in [3.63, 3.8) is 0 Å². The number of amidine groups is 1. The van der Waals surface area contributed by atoms with Crippen LogP contribution in [0, 0.1) is 5.92 Å². The first-order valence-corrected chi connectivity index (χ1v) is 4.54. The molecule has 1 atom stereocenters. The van der Waals surface area contributed by atoms with Gasteiger partial charge in [-0.1, -0.05) is 5.16 Å². The Hall–Kier alpha value is -1.02. The number of hydrogen-bond acceptors (Lipinski definition) is 4. The van der Waals surface area contributed by atoms with E-state index in [2.05, 4.69) is 10.5 Å². The molecule has 5 N–H and O–H groups in total. The van der Waals surface area contributed by atoms with Crippen LogP contribution >= 0.6 is 0 Å². The molecule has 0 aliphatic carbocycles. The average Bonchev–Trinajstić information content (AvgIpc) is 2.15. The maximum Gasteiger partial charge on any atom is 0.400 e. The van der Waals surface area contributed by atoms with Gasteiger partial charge in [0.1, 0.15) is 5.92 Å². The van der Waals surface area contributed by atoms with Gasteiger partial charge < -0.3 is 21.4 Å². The predicted octanol–water partition coefficient (Wildman–Crippen LogP) is 0.272. The molecule has 0 rings (SSSR count). The molecule has 8 heteroatoms. The van der Waals surface area contributed by atoms with E-state index < -0.39 is 30.0 Å². The molecule has 0 saturated heterocycles. The summed E-state index contributed by atoms with van der Waals surface area (Å²) >= 11 is 0. The summed E-state index contributed by atoms with van der Waals surface area (Å²) in [4.78, 5) is 0. The molecule has 0 aromatic carbocycles. The zero-order chi connectivity index (χ0) is 13.0. The summed E-state index contributed by atoms with van der Waals surface area (Å²) in [6.45, 7) is 2.18. The van der Waals surface area contributed by atoms with E-state index in [0.29, 0.717) is 0 Å². The zero-order valence-electron chi connectivity index (χ0n) is 9.04. The number of rotatable bonds is 5. The van der Waals surface area contributed by atoms with Crippen LogP contribution in [0.4, 0.5) is 13.2 Å². The number of alkyl halides is 3. The van der Waals surface area contributed by atoms with E-state index in [-0.39, 0.29) is 6.61 Å². The van der Waals surface area contributed by atoms with Crippen LogP contribution in [-0.4, -0.2) is 41.0 Å². The fourth-order valence-corrected chi connectivity index (χ4v) is 0.892. The van der Waals surface area contributed by atoms with Crippen molar-refractivity contribution in [2.24, 2.45) is 16.8 Å². The van der Waals surface area contributed by atoms with Crippen molar-refractivity contribution in [3.05, 3.63) is 0 Å². The Kier molecular flexibility index (Phi) is 5.01. The van der Waals surface area contributed by atoms with E-state index in [1.54, 1.807) is 0 Å². The van der Waals surface area contributed by atoms with Crippen molar-refractivity contribution in [1.82, 2.24) is 5.32 Å². The number of halogens is 3. The van der Waals surface area contributed by atoms with Gasteiger partial charge in [-0.15, -0.1) is 0 Å². The third-order valence-electron chi connectivity index (χ3n) is 2.05. The smallest absolute Gasteiger partial charge is 0.400 e. The minimum Gasteiger partial charge on any atom is -0.409 e. The monoisotopic (exact) mass is 243 g/mol. The van der Waals surface area contributed by atoms with Crippen LogP contribution in [0.3, 0.4) is 0 Å². The zero-order valence-corrected chi connectivity index (χ0v) is 9.04. The van der Waals surface area contributed by atoms with Crippen LogP contribution in [0.25, 0.3) is 0 Å². The van der Waals surface area contributed by atoms with E-state index in [1.807, 2.05) is 0 Å². The molecule has 0 heterocycles. The number of nitrogens with one attached hydrogen (secondary N) is 1. The van der Waals surface area contributed by atoms with Crippen LogP contribution in [-0.2, 0) is 0 Å². The lowest BCUT2D eigenvalue weighted by atomic mass is 10.0. The highest BCUT2D eigenvalue weighted by Crippen LogP contribution is 2.26. The van der Waals surface area contributed by atoms with Crippen LogP contribution in [0.15, 0.2) is 5.16 Å².